The minimum atomic E-state index is -0.707. The van der Waals surface area contributed by atoms with Crippen LogP contribution in [0.25, 0.3) is 0 Å². The first-order chi connectivity index (χ1) is 8.49. The first kappa shape index (κ1) is 13.4. The standard InChI is InChI=1S/C13H16BrNO3/c1-3-13(17)7-15(8-13)12(16)10-6-9(18-2)4-5-11(10)14/h4-6,17H,3,7-8H2,1-2H3. The van der Waals surface area contributed by atoms with Gasteiger partial charge in [0.2, 0.25) is 0 Å². The van der Waals surface area contributed by atoms with Gasteiger partial charge in [-0.05, 0) is 40.5 Å². The Balaban J connectivity index is 2.15. The van der Waals surface area contributed by atoms with Crippen LogP contribution in [0, 0.1) is 0 Å². The molecule has 1 heterocycles. The lowest BCUT2D eigenvalue weighted by atomic mass is 9.90. The third kappa shape index (κ3) is 2.37. The molecule has 0 unspecified atom stereocenters. The molecule has 5 heteroatoms. The molecule has 0 spiro atoms. The quantitative estimate of drug-likeness (QED) is 0.929. The highest BCUT2D eigenvalue weighted by Gasteiger charge is 2.42. The highest BCUT2D eigenvalue weighted by atomic mass is 79.9. The lowest BCUT2D eigenvalue weighted by Gasteiger charge is -2.46. The Morgan fingerprint density at radius 2 is 2.22 bits per heavy atom. The molecule has 1 aliphatic heterocycles. The third-order valence-corrected chi connectivity index (χ3v) is 4.01. The second-order valence-electron chi connectivity index (χ2n) is 4.58. The highest BCUT2D eigenvalue weighted by molar-refractivity contribution is 9.10. The largest absolute Gasteiger partial charge is 0.497 e. The van der Waals surface area contributed by atoms with Crippen molar-refractivity contribution in [3.8, 4) is 5.75 Å². The van der Waals surface area contributed by atoms with Crippen LogP contribution in [0.3, 0.4) is 0 Å². The van der Waals surface area contributed by atoms with Crippen molar-refractivity contribution >= 4 is 21.8 Å². The SMILES string of the molecule is CCC1(O)CN(C(=O)c2cc(OC)ccc2Br)C1. The van der Waals surface area contributed by atoms with Crippen molar-refractivity contribution in [1.82, 2.24) is 4.90 Å². The van der Waals surface area contributed by atoms with E-state index in [1.165, 1.54) is 0 Å². The summed E-state index contributed by atoms with van der Waals surface area (Å²) in [4.78, 5) is 13.9. The van der Waals surface area contributed by atoms with Crippen LogP contribution >= 0.6 is 15.9 Å². The van der Waals surface area contributed by atoms with E-state index in [2.05, 4.69) is 15.9 Å². The zero-order valence-electron chi connectivity index (χ0n) is 10.4. The number of carbonyl (C=O) groups is 1. The van der Waals surface area contributed by atoms with Crippen molar-refractivity contribution in [2.75, 3.05) is 20.2 Å². The van der Waals surface area contributed by atoms with Crippen molar-refractivity contribution in [2.24, 2.45) is 0 Å². The molecule has 1 aromatic carbocycles. The van der Waals surface area contributed by atoms with Crippen LogP contribution in [0.1, 0.15) is 23.7 Å². The van der Waals surface area contributed by atoms with Gasteiger partial charge in [0.05, 0.1) is 31.4 Å². The molecule has 4 nitrogen and oxygen atoms in total. The minimum absolute atomic E-state index is 0.0844. The molecule has 0 radical (unpaired) electrons. The topological polar surface area (TPSA) is 49.8 Å². The molecule has 0 bridgehead atoms. The maximum atomic E-state index is 12.2. The second-order valence-corrected chi connectivity index (χ2v) is 5.44. The lowest BCUT2D eigenvalue weighted by Crippen LogP contribution is -2.63. The summed E-state index contributed by atoms with van der Waals surface area (Å²) in [5.41, 5.74) is -0.145. The number of benzene rings is 1. The number of halogens is 1. The summed E-state index contributed by atoms with van der Waals surface area (Å²) in [5.74, 6) is 0.562. The lowest BCUT2D eigenvalue weighted by molar-refractivity contribution is -0.0826. The number of likely N-dealkylation sites (tertiary alicyclic amines) is 1. The van der Waals surface area contributed by atoms with Gasteiger partial charge < -0.3 is 14.7 Å². The molecule has 1 amide bonds. The normalized spacial score (nSPS) is 17.2. The van der Waals surface area contributed by atoms with E-state index in [0.717, 1.165) is 4.47 Å². The van der Waals surface area contributed by atoms with Crippen LogP contribution in [0.5, 0.6) is 5.75 Å². The molecule has 1 fully saturated rings. The third-order valence-electron chi connectivity index (χ3n) is 3.32. The molecule has 2 rings (SSSR count). The minimum Gasteiger partial charge on any atom is -0.497 e. The number of nitrogens with zero attached hydrogens (tertiary/aromatic N) is 1. The molecule has 1 N–H and O–H groups in total. The Morgan fingerprint density at radius 1 is 1.56 bits per heavy atom. The summed E-state index contributed by atoms with van der Waals surface area (Å²) in [7, 11) is 1.57. The van der Waals surface area contributed by atoms with Gasteiger partial charge in [-0.2, -0.15) is 0 Å². The number of ether oxygens (including phenoxy) is 1. The number of methoxy groups -OCH3 is 1. The number of carbonyl (C=O) groups excluding carboxylic acids is 1. The van der Waals surface area contributed by atoms with Crippen LogP contribution in [0.4, 0.5) is 0 Å². The van der Waals surface area contributed by atoms with Gasteiger partial charge in [0.15, 0.2) is 0 Å². The van der Waals surface area contributed by atoms with Crippen molar-refractivity contribution in [2.45, 2.75) is 18.9 Å². The van der Waals surface area contributed by atoms with E-state index in [1.54, 1.807) is 30.2 Å². The Bertz CT molecular complexity index is 469. The van der Waals surface area contributed by atoms with Gasteiger partial charge in [-0.15, -0.1) is 0 Å². The number of rotatable bonds is 3. The molecule has 98 valence electrons. The zero-order valence-corrected chi connectivity index (χ0v) is 12.0. The predicted molar refractivity (Wildman–Crippen MR) is 71.8 cm³/mol. The van der Waals surface area contributed by atoms with E-state index < -0.39 is 5.60 Å². The van der Waals surface area contributed by atoms with Crippen LogP contribution in [-0.4, -0.2) is 41.7 Å². The maximum Gasteiger partial charge on any atom is 0.255 e. The van der Waals surface area contributed by atoms with Crippen molar-refractivity contribution in [3.05, 3.63) is 28.2 Å². The summed E-state index contributed by atoms with van der Waals surface area (Å²) in [6.45, 7) is 2.71. The summed E-state index contributed by atoms with van der Waals surface area (Å²) < 4.78 is 5.85. The van der Waals surface area contributed by atoms with E-state index in [4.69, 9.17) is 4.74 Å². The van der Waals surface area contributed by atoms with Crippen LogP contribution in [0.2, 0.25) is 0 Å². The molecule has 1 saturated heterocycles. The fourth-order valence-electron chi connectivity index (χ4n) is 2.00. The summed E-state index contributed by atoms with van der Waals surface area (Å²) in [6, 6.07) is 5.28. The first-order valence-electron chi connectivity index (χ1n) is 5.84. The van der Waals surface area contributed by atoms with Gasteiger partial charge in [0.25, 0.3) is 5.91 Å². The Kier molecular flexibility index (Phi) is 3.64. The van der Waals surface area contributed by atoms with Gasteiger partial charge in [0.1, 0.15) is 5.75 Å². The maximum absolute atomic E-state index is 12.2. The van der Waals surface area contributed by atoms with Crippen molar-refractivity contribution < 1.29 is 14.6 Å². The first-order valence-corrected chi connectivity index (χ1v) is 6.63. The van der Waals surface area contributed by atoms with E-state index in [9.17, 15) is 9.90 Å². The van der Waals surface area contributed by atoms with Crippen LogP contribution in [0.15, 0.2) is 22.7 Å². The molecular weight excluding hydrogens is 298 g/mol. The van der Waals surface area contributed by atoms with E-state index >= 15 is 0 Å². The Labute approximate surface area is 115 Å². The molecule has 0 aromatic heterocycles. The molecule has 1 aromatic rings. The zero-order chi connectivity index (χ0) is 13.3. The summed E-state index contributed by atoms with van der Waals surface area (Å²) >= 11 is 3.36. The molecule has 0 aliphatic carbocycles. The smallest absolute Gasteiger partial charge is 0.255 e. The van der Waals surface area contributed by atoms with Crippen molar-refractivity contribution in [1.29, 1.82) is 0 Å². The van der Waals surface area contributed by atoms with Gasteiger partial charge >= 0.3 is 0 Å². The number of β-amino-alcohol motifs (C(OH)–C–C–N with tert-alkyl or cyclic N) is 1. The van der Waals surface area contributed by atoms with E-state index in [-0.39, 0.29) is 5.91 Å². The molecular formula is C13H16BrNO3. The van der Waals surface area contributed by atoms with Gasteiger partial charge in [-0.25, -0.2) is 0 Å². The Morgan fingerprint density at radius 3 is 2.78 bits per heavy atom. The fraction of sp³-hybridized carbons (Fsp3) is 0.462. The number of hydrogen-bond acceptors (Lipinski definition) is 3. The predicted octanol–water partition coefficient (Wildman–Crippen LogP) is 2.05. The average Bonchev–Trinajstić information content (AvgIpc) is 2.35. The summed E-state index contributed by atoms with van der Waals surface area (Å²) in [6.07, 6.45) is 0.663. The van der Waals surface area contributed by atoms with Gasteiger partial charge in [-0.3, -0.25) is 4.79 Å². The molecule has 18 heavy (non-hydrogen) atoms. The van der Waals surface area contributed by atoms with E-state index in [1.807, 2.05) is 6.92 Å². The Hall–Kier alpha value is -1.07. The average molecular weight is 314 g/mol. The molecule has 0 saturated carbocycles. The van der Waals surface area contributed by atoms with Gasteiger partial charge in [0, 0.05) is 4.47 Å². The highest BCUT2D eigenvalue weighted by Crippen LogP contribution is 2.29. The van der Waals surface area contributed by atoms with E-state index in [0.29, 0.717) is 30.8 Å². The van der Waals surface area contributed by atoms with Crippen LogP contribution < -0.4 is 4.74 Å². The van der Waals surface area contributed by atoms with Gasteiger partial charge in [-0.1, -0.05) is 6.92 Å². The number of hydrogen-bond donors (Lipinski definition) is 1. The molecule has 1 aliphatic rings. The number of amides is 1. The molecule has 0 atom stereocenters. The summed E-state index contributed by atoms with van der Waals surface area (Å²) in [5, 5.41) is 9.92. The monoisotopic (exact) mass is 313 g/mol. The van der Waals surface area contributed by atoms with Crippen LogP contribution in [-0.2, 0) is 0 Å². The fourth-order valence-corrected chi connectivity index (χ4v) is 2.41. The number of aliphatic hydroxyl groups is 1. The second kappa shape index (κ2) is 4.90. The van der Waals surface area contributed by atoms with Crippen molar-refractivity contribution in [3.63, 3.8) is 0 Å².